The molecule has 69 heavy (non-hydrogen) atoms. The van der Waals surface area contributed by atoms with E-state index in [9.17, 15) is 21.6 Å². The molecule has 4 aromatic heterocycles. The lowest BCUT2D eigenvalue weighted by Gasteiger charge is -2.19. The predicted octanol–water partition coefficient (Wildman–Crippen LogP) is 9.31. The molecule has 368 valence electrons. The third-order valence-corrected chi connectivity index (χ3v) is 12.6. The van der Waals surface area contributed by atoms with Crippen molar-refractivity contribution in [3.8, 4) is 0 Å². The molecular weight excluding hydrogens is 964 g/mol. The predicted molar refractivity (Wildman–Crippen MR) is 273 cm³/mol. The summed E-state index contributed by atoms with van der Waals surface area (Å²) < 4.78 is 57.3. The molecule has 0 saturated heterocycles. The van der Waals surface area contributed by atoms with Gasteiger partial charge in [-0.25, -0.2) is 37.7 Å². The third kappa shape index (κ3) is 16.2. The first kappa shape index (κ1) is 55.4. The van der Waals surface area contributed by atoms with Gasteiger partial charge in [-0.15, -0.1) is 0 Å². The van der Waals surface area contributed by atoms with Gasteiger partial charge in [0.25, 0.3) is 20.0 Å². The number of hydrogen-bond acceptors (Lipinski definition) is 15. The molecule has 17 nitrogen and oxygen atoms in total. The van der Waals surface area contributed by atoms with Crippen LogP contribution in [0.4, 0.5) is 23.0 Å². The number of anilines is 4. The molecule has 0 fully saturated rings. The van der Waals surface area contributed by atoms with E-state index in [0.717, 1.165) is 11.1 Å². The summed E-state index contributed by atoms with van der Waals surface area (Å²) in [5.41, 5.74) is 14.4. The van der Waals surface area contributed by atoms with Gasteiger partial charge in [0.1, 0.15) is 34.8 Å². The monoisotopic (exact) mass is 1020 g/mol. The Morgan fingerprint density at radius 3 is 1.35 bits per heavy atom. The Bertz CT molecular complexity index is 2950. The molecule has 2 aromatic carbocycles. The first-order chi connectivity index (χ1) is 32.1. The molecule has 0 spiro atoms. The number of aromatic nitrogens is 4. The molecule has 0 radical (unpaired) electrons. The zero-order valence-electron chi connectivity index (χ0n) is 39.9. The summed E-state index contributed by atoms with van der Waals surface area (Å²) in [5, 5.41) is 4.66. The van der Waals surface area contributed by atoms with Crippen LogP contribution in [-0.4, -0.2) is 60.5 Å². The molecule has 6 rings (SSSR count). The summed E-state index contributed by atoms with van der Waals surface area (Å²) in [6, 6.07) is 22.4. The van der Waals surface area contributed by atoms with E-state index >= 15 is 0 Å². The van der Waals surface area contributed by atoms with Gasteiger partial charge in [0.15, 0.2) is 0 Å². The maximum atomic E-state index is 13.2. The number of nitrogens with two attached hydrogens (primary N) is 3. The van der Waals surface area contributed by atoms with Gasteiger partial charge in [0.05, 0.1) is 37.3 Å². The van der Waals surface area contributed by atoms with Crippen LogP contribution in [0.1, 0.15) is 108 Å². The number of halogens is 2. The number of carbonyl (C=O) groups is 1. The maximum absolute atomic E-state index is 13.2. The van der Waals surface area contributed by atoms with Gasteiger partial charge in [-0.05, 0) is 110 Å². The second kappa shape index (κ2) is 23.4. The average molecular weight is 1020 g/mol. The van der Waals surface area contributed by atoms with Gasteiger partial charge < -0.3 is 21.1 Å². The van der Waals surface area contributed by atoms with Gasteiger partial charge in [-0.2, -0.15) is 0 Å². The molecule has 6 aromatic rings. The van der Waals surface area contributed by atoms with Crippen molar-refractivity contribution in [1.82, 2.24) is 19.9 Å². The van der Waals surface area contributed by atoms with Crippen LogP contribution in [0.5, 0.6) is 0 Å². The topological polar surface area (TPSA) is 270 Å². The van der Waals surface area contributed by atoms with Crippen molar-refractivity contribution in [2.45, 2.75) is 102 Å². The van der Waals surface area contributed by atoms with Crippen LogP contribution in [0.2, 0.25) is 10.0 Å². The quantitative estimate of drug-likeness (QED) is 0.0410. The summed E-state index contributed by atoms with van der Waals surface area (Å²) >= 11 is 12.2. The lowest BCUT2D eigenvalue weighted by molar-refractivity contribution is 0.0800. The Labute approximate surface area is 414 Å². The highest BCUT2D eigenvalue weighted by Crippen LogP contribution is 2.29. The van der Waals surface area contributed by atoms with Gasteiger partial charge >= 0.3 is 0 Å². The van der Waals surface area contributed by atoms with Gasteiger partial charge in [0, 0.05) is 35.9 Å². The van der Waals surface area contributed by atoms with Crippen LogP contribution in [0, 0.1) is 0 Å². The Morgan fingerprint density at radius 2 is 0.986 bits per heavy atom. The number of ketones is 1. The van der Waals surface area contributed by atoms with E-state index in [1.54, 1.807) is 48.5 Å². The molecular formula is C48H58Cl2N10O7S2. The normalized spacial score (nSPS) is 12.1. The summed E-state index contributed by atoms with van der Waals surface area (Å²) in [6.45, 7) is 19.7. The summed E-state index contributed by atoms with van der Waals surface area (Å²) in [5.74, 6) is 4.75. The molecule has 0 unspecified atom stereocenters. The zero-order chi connectivity index (χ0) is 51.5. The van der Waals surface area contributed by atoms with Crippen molar-refractivity contribution in [3.05, 3.63) is 153 Å². The van der Waals surface area contributed by atoms with Gasteiger partial charge in [-0.1, -0.05) is 94.2 Å². The molecule has 0 aliphatic carbocycles. The van der Waals surface area contributed by atoms with Gasteiger partial charge in [-0.3, -0.25) is 19.2 Å². The van der Waals surface area contributed by atoms with Gasteiger partial charge in [0.2, 0.25) is 5.78 Å². The van der Waals surface area contributed by atoms with E-state index in [0.29, 0.717) is 11.4 Å². The Hall–Kier alpha value is -6.22. The minimum absolute atomic E-state index is 0.0239. The summed E-state index contributed by atoms with van der Waals surface area (Å²) in [4.78, 5) is 39.1. The van der Waals surface area contributed by atoms with Crippen molar-refractivity contribution in [2.75, 3.05) is 20.9 Å². The second-order valence-corrected chi connectivity index (χ2v) is 22.1. The van der Waals surface area contributed by atoms with Crippen molar-refractivity contribution in [2.24, 2.45) is 11.1 Å². The highest BCUT2D eigenvalue weighted by Gasteiger charge is 2.25. The SMILES string of the molecule is CC(C)(C)c1ccc(S(=O)(=O)Nc2cc(Cl)cnc2C(=O)c2ccc(N)nc2)cc1.CC(C)ON.CC(C)ON=C(c1ccc(N)nc1)c1ncc(Cl)cc1NS(=O)(=O)c1ccc(C(C)(C)C)cc1. The van der Waals surface area contributed by atoms with Crippen molar-refractivity contribution in [3.63, 3.8) is 0 Å². The molecule has 21 heteroatoms. The highest BCUT2D eigenvalue weighted by atomic mass is 35.5. The molecule has 0 aliphatic heterocycles. The number of rotatable bonds is 13. The number of nitrogen functional groups attached to an aromatic ring is 2. The maximum Gasteiger partial charge on any atom is 0.261 e. The first-order valence-corrected chi connectivity index (χ1v) is 25.0. The van der Waals surface area contributed by atoms with Crippen LogP contribution >= 0.6 is 23.2 Å². The van der Waals surface area contributed by atoms with E-state index in [1.165, 1.54) is 61.2 Å². The number of pyridine rings is 4. The van der Waals surface area contributed by atoms with Crippen LogP contribution in [0.15, 0.2) is 125 Å². The van der Waals surface area contributed by atoms with Crippen molar-refractivity contribution >= 4 is 77.8 Å². The third-order valence-electron chi connectivity index (χ3n) is 9.43. The number of sulfonamides is 2. The highest BCUT2D eigenvalue weighted by molar-refractivity contribution is 7.93. The molecule has 0 saturated carbocycles. The molecule has 4 heterocycles. The molecule has 0 amide bonds. The Morgan fingerprint density at radius 1 is 0.594 bits per heavy atom. The molecule has 0 bridgehead atoms. The van der Waals surface area contributed by atoms with Crippen molar-refractivity contribution in [1.29, 1.82) is 0 Å². The minimum Gasteiger partial charge on any atom is -0.393 e. The van der Waals surface area contributed by atoms with E-state index in [-0.39, 0.29) is 82.7 Å². The van der Waals surface area contributed by atoms with E-state index in [4.69, 9.17) is 39.5 Å². The Balaban J connectivity index is 0.000000275. The molecule has 0 aliphatic rings. The molecule has 0 atom stereocenters. The lowest BCUT2D eigenvalue weighted by atomic mass is 9.87. The number of benzene rings is 2. The summed E-state index contributed by atoms with van der Waals surface area (Å²) in [6.07, 6.45) is 5.44. The Kier molecular flexibility index (Phi) is 18.8. The number of nitrogens with zero attached hydrogens (tertiary/aromatic N) is 5. The fraction of sp³-hybridized carbons (Fsp3) is 0.292. The van der Waals surface area contributed by atoms with Crippen LogP contribution in [0.3, 0.4) is 0 Å². The van der Waals surface area contributed by atoms with E-state index in [1.807, 2.05) is 48.5 Å². The van der Waals surface area contributed by atoms with Crippen molar-refractivity contribution < 1.29 is 31.3 Å². The second-order valence-electron chi connectivity index (χ2n) is 17.9. The standard InChI is InChI=1S/C24H28ClN5O3S.C21H21ClN4O3S.C3H9NO/c1-15(2)33-29-22(16-6-11-21(26)27-13-16)23-20(12-18(25)14-28-23)30-34(31,32)19-9-7-17(8-10-19)24(3,4)5;1-21(2,3)14-5-7-16(8-6-14)30(28,29)26-17-10-15(22)12-25-19(17)20(27)13-4-9-18(23)24-11-13;1-3(2)5-4/h6-15,30H,1-5H3,(H2,26,27);4-12,26H,1-3H3,(H2,23,24);3H,4H2,1-2H3. The largest absolute Gasteiger partial charge is 0.393 e. The van der Waals surface area contributed by atoms with Crippen LogP contribution < -0.4 is 26.8 Å². The number of nitrogens with one attached hydrogen (secondary N) is 2. The average Bonchev–Trinajstić information content (AvgIpc) is 3.27. The fourth-order valence-corrected chi connectivity index (χ4v) is 8.12. The van der Waals surface area contributed by atoms with E-state index in [2.05, 4.69) is 66.0 Å². The molecule has 8 N–H and O–H groups in total. The number of carbonyl (C=O) groups excluding carboxylic acids is 1. The van der Waals surface area contributed by atoms with E-state index < -0.39 is 25.8 Å². The fourth-order valence-electron chi connectivity index (χ4n) is 5.69. The summed E-state index contributed by atoms with van der Waals surface area (Å²) in [7, 11) is -7.92. The van der Waals surface area contributed by atoms with Crippen LogP contribution in [-0.2, 0) is 40.6 Å². The number of hydrogen-bond donors (Lipinski definition) is 5. The first-order valence-electron chi connectivity index (χ1n) is 21.3. The zero-order valence-corrected chi connectivity index (χ0v) is 43.1. The minimum atomic E-state index is -3.97. The number of oxime groups is 1. The van der Waals surface area contributed by atoms with Crippen LogP contribution in [0.25, 0.3) is 0 Å². The lowest BCUT2D eigenvalue weighted by Crippen LogP contribution is -2.18. The smallest absolute Gasteiger partial charge is 0.261 e.